The quantitative estimate of drug-likeness (QED) is 0.575. The third kappa shape index (κ3) is 4.13. The standard InChI is InChI=1S/C22H25NO2S/c1-5-12-26-20-9-7-6-8-16(20)21(24)23-18-14-22(3,4)25-19-11-10-15(2)13-17(18)19/h5-11,13,18H,1,12,14H2,2-4H3,(H,23,24). The Morgan fingerprint density at radius 2 is 2.12 bits per heavy atom. The average molecular weight is 368 g/mol. The highest BCUT2D eigenvalue weighted by atomic mass is 32.2. The second kappa shape index (κ2) is 7.58. The molecule has 1 aliphatic rings. The molecule has 0 fully saturated rings. The van der Waals surface area contributed by atoms with Crippen molar-refractivity contribution < 1.29 is 9.53 Å². The lowest BCUT2D eigenvalue weighted by Gasteiger charge is -2.38. The molecular weight excluding hydrogens is 342 g/mol. The molecule has 3 nitrogen and oxygen atoms in total. The Hall–Kier alpha value is -2.20. The number of ether oxygens (including phenoxy) is 1. The van der Waals surface area contributed by atoms with Gasteiger partial charge in [-0.05, 0) is 39.0 Å². The highest BCUT2D eigenvalue weighted by Gasteiger charge is 2.34. The summed E-state index contributed by atoms with van der Waals surface area (Å²) < 4.78 is 6.10. The average Bonchev–Trinajstić information content (AvgIpc) is 2.60. The van der Waals surface area contributed by atoms with Gasteiger partial charge in [0.25, 0.3) is 5.91 Å². The first kappa shape index (κ1) is 18.6. The van der Waals surface area contributed by atoms with E-state index in [0.717, 1.165) is 33.9 Å². The fourth-order valence-electron chi connectivity index (χ4n) is 3.27. The van der Waals surface area contributed by atoms with Crippen LogP contribution in [0.25, 0.3) is 0 Å². The first-order chi connectivity index (χ1) is 12.4. The van der Waals surface area contributed by atoms with Gasteiger partial charge in [0, 0.05) is 22.6 Å². The highest BCUT2D eigenvalue weighted by molar-refractivity contribution is 7.99. The molecule has 136 valence electrons. The van der Waals surface area contributed by atoms with Gasteiger partial charge in [-0.2, -0.15) is 0 Å². The van der Waals surface area contributed by atoms with Crippen molar-refractivity contribution in [1.82, 2.24) is 5.32 Å². The number of fused-ring (bicyclic) bond motifs is 1. The summed E-state index contributed by atoms with van der Waals surface area (Å²) in [6.45, 7) is 9.93. The molecule has 2 aromatic rings. The maximum Gasteiger partial charge on any atom is 0.252 e. The van der Waals surface area contributed by atoms with Crippen molar-refractivity contribution in [3.8, 4) is 5.75 Å². The zero-order valence-electron chi connectivity index (χ0n) is 15.5. The number of rotatable bonds is 5. The number of benzene rings is 2. The molecule has 4 heteroatoms. The van der Waals surface area contributed by atoms with E-state index in [-0.39, 0.29) is 17.6 Å². The Bertz CT molecular complexity index is 829. The van der Waals surface area contributed by atoms with Crippen LogP contribution in [0, 0.1) is 6.92 Å². The number of hydrogen-bond donors (Lipinski definition) is 1. The van der Waals surface area contributed by atoms with Crippen molar-refractivity contribution in [2.24, 2.45) is 0 Å². The Balaban J connectivity index is 1.88. The number of carbonyl (C=O) groups is 1. The molecule has 0 spiro atoms. The molecule has 0 radical (unpaired) electrons. The second-order valence-corrected chi connectivity index (χ2v) is 8.29. The van der Waals surface area contributed by atoms with Gasteiger partial charge >= 0.3 is 0 Å². The third-order valence-electron chi connectivity index (χ3n) is 4.42. The van der Waals surface area contributed by atoms with E-state index in [1.807, 2.05) is 42.5 Å². The molecular formula is C22H25NO2S. The Morgan fingerprint density at radius 1 is 1.35 bits per heavy atom. The Morgan fingerprint density at radius 3 is 2.88 bits per heavy atom. The summed E-state index contributed by atoms with van der Waals surface area (Å²) in [7, 11) is 0. The molecule has 26 heavy (non-hydrogen) atoms. The fourth-order valence-corrected chi connectivity index (χ4v) is 4.06. The fraction of sp³-hybridized carbons (Fsp3) is 0.318. The van der Waals surface area contributed by atoms with E-state index in [2.05, 4.69) is 38.7 Å². The molecule has 1 heterocycles. The smallest absolute Gasteiger partial charge is 0.252 e. The van der Waals surface area contributed by atoms with Crippen molar-refractivity contribution >= 4 is 17.7 Å². The molecule has 0 saturated carbocycles. The van der Waals surface area contributed by atoms with E-state index in [4.69, 9.17) is 4.74 Å². The van der Waals surface area contributed by atoms with Crippen molar-refractivity contribution in [2.75, 3.05) is 5.75 Å². The monoisotopic (exact) mass is 367 g/mol. The van der Waals surface area contributed by atoms with Gasteiger partial charge in [0.1, 0.15) is 11.4 Å². The number of aryl methyl sites for hydroxylation is 1. The highest BCUT2D eigenvalue weighted by Crippen LogP contribution is 2.40. The number of amides is 1. The maximum absolute atomic E-state index is 13.0. The van der Waals surface area contributed by atoms with E-state index in [1.54, 1.807) is 11.8 Å². The molecule has 0 aliphatic carbocycles. The molecule has 1 unspecified atom stereocenters. The Kier molecular flexibility index (Phi) is 5.42. The van der Waals surface area contributed by atoms with Crippen molar-refractivity contribution in [2.45, 2.75) is 43.7 Å². The third-order valence-corrected chi connectivity index (χ3v) is 5.49. The minimum absolute atomic E-state index is 0.0488. The summed E-state index contributed by atoms with van der Waals surface area (Å²) in [6.07, 6.45) is 2.58. The van der Waals surface area contributed by atoms with Gasteiger partial charge in [-0.3, -0.25) is 4.79 Å². The predicted molar refractivity (Wildman–Crippen MR) is 108 cm³/mol. The first-order valence-electron chi connectivity index (χ1n) is 8.83. The van der Waals surface area contributed by atoms with Gasteiger partial charge in [-0.15, -0.1) is 18.3 Å². The van der Waals surface area contributed by atoms with Crippen LogP contribution in [-0.4, -0.2) is 17.3 Å². The van der Waals surface area contributed by atoms with Crippen LogP contribution < -0.4 is 10.1 Å². The van der Waals surface area contributed by atoms with Crippen LogP contribution in [0.3, 0.4) is 0 Å². The number of carbonyl (C=O) groups excluding carboxylic acids is 1. The lowest BCUT2D eigenvalue weighted by molar-refractivity contribution is 0.0618. The zero-order chi connectivity index (χ0) is 18.7. The minimum Gasteiger partial charge on any atom is -0.487 e. The van der Waals surface area contributed by atoms with Crippen LogP contribution in [0.1, 0.15) is 47.8 Å². The van der Waals surface area contributed by atoms with Gasteiger partial charge in [-0.25, -0.2) is 0 Å². The molecule has 0 aromatic heterocycles. The van der Waals surface area contributed by atoms with Gasteiger partial charge in [-0.1, -0.05) is 35.9 Å². The maximum atomic E-state index is 13.0. The Labute approximate surface area is 159 Å². The van der Waals surface area contributed by atoms with E-state index in [0.29, 0.717) is 5.56 Å². The summed E-state index contributed by atoms with van der Waals surface area (Å²) in [6, 6.07) is 13.8. The summed E-state index contributed by atoms with van der Waals surface area (Å²) >= 11 is 1.62. The van der Waals surface area contributed by atoms with Crippen LogP contribution in [-0.2, 0) is 0 Å². The molecule has 1 N–H and O–H groups in total. The largest absolute Gasteiger partial charge is 0.487 e. The normalized spacial score (nSPS) is 17.7. The molecule has 1 aliphatic heterocycles. The molecule has 1 amide bonds. The molecule has 2 aromatic carbocycles. The molecule has 3 rings (SSSR count). The van der Waals surface area contributed by atoms with E-state index in [1.165, 1.54) is 0 Å². The lowest BCUT2D eigenvalue weighted by atomic mass is 9.88. The summed E-state index contributed by atoms with van der Waals surface area (Å²) in [5.74, 6) is 1.58. The molecule has 1 atom stereocenters. The van der Waals surface area contributed by atoms with Crippen LogP contribution in [0.2, 0.25) is 0 Å². The van der Waals surface area contributed by atoms with E-state index in [9.17, 15) is 4.79 Å². The van der Waals surface area contributed by atoms with E-state index < -0.39 is 0 Å². The topological polar surface area (TPSA) is 38.3 Å². The van der Waals surface area contributed by atoms with Gasteiger partial charge in [0.15, 0.2) is 0 Å². The SMILES string of the molecule is C=CCSc1ccccc1C(=O)NC1CC(C)(C)Oc2ccc(C)cc21. The van der Waals surface area contributed by atoms with E-state index >= 15 is 0 Å². The number of hydrogen-bond acceptors (Lipinski definition) is 3. The second-order valence-electron chi connectivity index (χ2n) is 7.23. The summed E-state index contributed by atoms with van der Waals surface area (Å²) in [5, 5.41) is 3.23. The minimum atomic E-state index is -0.322. The van der Waals surface area contributed by atoms with Gasteiger partial charge in [0.05, 0.1) is 11.6 Å². The number of thioether (sulfide) groups is 1. The lowest BCUT2D eigenvalue weighted by Crippen LogP contribution is -2.41. The van der Waals surface area contributed by atoms with Crippen LogP contribution in [0.4, 0.5) is 0 Å². The van der Waals surface area contributed by atoms with Crippen molar-refractivity contribution in [3.63, 3.8) is 0 Å². The number of nitrogens with one attached hydrogen (secondary N) is 1. The van der Waals surface area contributed by atoms with Crippen LogP contribution >= 0.6 is 11.8 Å². The van der Waals surface area contributed by atoms with Crippen molar-refractivity contribution in [1.29, 1.82) is 0 Å². The zero-order valence-corrected chi connectivity index (χ0v) is 16.4. The molecule has 0 saturated heterocycles. The predicted octanol–water partition coefficient (Wildman–Crippen LogP) is 5.31. The molecule has 0 bridgehead atoms. The van der Waals surface area contributed by atoms with Crippen molar-refractivity contribution in [3.05, 3.63) is 71.8 Å². The summed E-state index contributed by atoms with van der Waals surface area (Å²) in [4.78, 5) is 14.0. The first-order valence-corrected chi connectivity index (χ1v) is 9.81. The van der Waals surface area contributed by atoms with Gasteiger partial charge < -0.3 is 10.1 Å². The van der Waals surface area contributed by atoms with Crippen LogP contribution in [0.15, 0.2) is 60.0 Å². The summed E-state index contributed by atoms with van der Waals surface area (Å²) in [5.41, 5.74) is 2.59. The van der Waals surface area contributed by atoms with Gasteiger partial charge in [0.2, 0.25) is 0 Å². The van der Waals surface area contributed by atoms with Crippen LogP contribution in [0.5, 0.6) is 5.75 Å².